The van der Waals surface area contributed by atoms with Crippen molar-refractivity contribution < 1.29 is 18.4 Å². The summed E-state index contributed by atoms with van der Waals surface area (Å²) in [7, 11) is 0. The molecule has 4 rings (SSSR count). The van der Waals surface area contributed by atoms with E-state index in [4.69, 9.17) is 9.26 Å². The molecule has 0 N–H and O–H groups in total. The second kappa shape index (κ2) is 8.03. The lowest BCUT2D eigenvalue weighted by Gasteiger charge is -2.16. The average molecular weight is 395 g/mol. The van der Waals surface area contributed by atoms with Gasteiger partial charge in [-0.05, 0) is 55.3 Å². The Bertz CT molecular complexity index is 1020. The van der Waals surface area contributed by atoms with Gasteiger partial charge in [-0.1, -0.05) is 18.1 Å². The number of nitrogens with zero attached hydrogens (tertiary/aromatic N) is 3. The van der Waals surface area contributed by atoms with E-state index in [1.807, 2.05) is 24.3 Å². The number of aromatic nitrogens is 2. The molecule has 1 fully saturated rings. The predicted octanol–water partition coefficient (Wildman–Crippen LogP) is 4.49. The third-order valence-corrected chi connectivity index (χ3v) is 4.97. The Morgan fingerprint density at radius 2 is 2.03 bits per heavy atom. The zero-order chi connectivity index (χ0) is 20.4. The third kappa shape index (κ3) is 3.99. The molecule has 1 aromatic heterocycles. The van der Waals surface area contributed by atoms with Gasteiger partial charge in [0.15, 0.2) is 0 Å². The van der Waals surface area contributed by atoms with E-state index < -0.39 is 0 Å². The van der Waals surface area contributed by atoms with Gasteiger partial charge in [0.25, 0.3) is 0 Å². The fourth-order valence-electron chi connectivity index (χ4n) is 3.31. The first-order valence-electron chi connectivity index (χ1n) is 9.68. The number of hydrogen-bond acceptors (Lipinski definition) is 5. The molecule has 1 saturated heterocycles. The van der Waals surface area contributed by atoms with E-state index in [0.29, 0.717) is 36.1 Å². The van der Waals surface area contributed by atoms with Crippen LogP contribution in [0.25, 0.3) is 11.4 Å². The van der Waals surface area contributed by atoms with Gasteiger partial charge in [0, 0.05) is 24.2 Å². The monoisotopic (exact) mass is 395 g/mol. The van der Waals surface area contributed by atoms with Crippen LogP contribution in [0.1, 0.15) is 37.1 Å². The molecule has 1 aliphatic rings. The summed E-state index contributed by atoms with van der Waals surface area (Å²) >= 11 is 0. The van der Waals surface area contributed by atoms with E-state index in [1.165, 1.54) is 6.07 Å². The molecule has 1 aliphatic heterocycles. The lowest BCUT2D eigenvalue weighted by Crippen LogP contribution is -2.24. The minimum Gasteiger partial charge on any atom is -0.494 e. The molecule has 7 heteroatoms. The second-order valence-corrected chi connectivity index (χ2v) is 7.17. The number of amides is 1. The van der Waals surface area contributed by atoms with E-state index in [2.05, 4.69) is 17.1 Å². The smallest absolute Gasteiger partial charge is 0.232 e. The fourth-order valence-corrected chi connectivity index (χ4v) is 3.31. The number of aryl methyl sites for hydroxylation is 1. The first-order valence-corrected chi connectivity index (χ1v) is 9.68. The van der Waals surface area contributed by atoms with Gasteiger partial charge >= 0.3 is 0 Å². The van der Waals surface area contributed by atoms with Gasteiger partial charge in [0.1, 0.15) is 11.6 Å². The van der Waals surface area contributed by atoms with Gasteiger partial charge in [-0.2, -0.15) is 4.98 Å². The number of hydrogen-bond donors (Lipinski definition) is 0. The molecule has 0 spiro atoms. The van der Waals surface area contributed by atoms with Crippen molar-refractivity contribution in [1.29, 1.82) is 0 Å². The molecule has 0 aliphatic carbocycles. The van der Waals surface area contributed by atoms with Crippen LogP contribution in [-0.4, -0.2) is 29.2 Å². The Morgan fingerprint density at radius 3 is 2.76 bits per heavy atom. The fraction of sp³-hybridized carbons (Fsp3) is 0.318. The topological polar surface area (TPSA) is 68.5 Å². The quantitative estimate of drug-likeness (QED) is 0.615. The lowest BCUT2D eigenvalue weighted by atomic mass is 10.1. The average Bonchev–Trinajstić information content (AvgIpc) is 3.36. The zero-order valence-electron chi connectivity index (χ0n) is 16.4. The standard InChI is InChI=1S/C22H22FN3O3/c1-3-10-28-18-8-5-15(6-9-18)21-24-22(29-25-21)16-11-20(27)26(13-16)17-7-4-14(2)19(23)12-17/h4-9,12,16H,3,10-11,13H2,1-2H3. The summed E-state index contributed by atoms with van der Waals surface area (Å²) in [5.74, 6) is 1.03. The van der Waals surface area contributed by atoms with E-state index in [-0.39, 0.29) is 24.1 Å². The largest absolute Gasteiger partial charge is 0.494 e. The van der Waals surface area contributed by atoms with Crippen molar-refractivity contribution in [3.05, 3.63) is 59.7 Å². The summed E-state index contributed by atoms with van der Waals surface area (Å²) in [6.45, 7) is 4.80. The highest BCUT2D eigenvalue weighted by atomic mass is 19.1. The van der Waals surface area contributed by atoms with Crippen molar-refractivity contribution in [2.45, 2.75) is 32.6 Å². The Hall–Kier alpha value is -3.22. The molecule has 0 saturated carbocycles. The van der Waals surface area contributed by atoms with Crippen LogP contribution in [0.15, 0.2) is 47.0 Å². The summed E-state index contributed by atoms with van der Waals surface area (Å²) in [4.78, 5) is 18.5. The van der Waals surface area contributed by atoms with Gasteiger partial charge in [-0.15, -0.1) is 0 Å². The Balaban J connectivity index is 1.48. The van der Waals surface area contributed by atoms with Crippen molar-refractivity contribution in [2.75, 3.05) is 18.1 Å². The van der Waals surface area contributed by atoms with Crippen LogP contribution in [-0.2, 0) is 4.79 Å². The molecule has 1 amide bonds. The number of rotatable bonds is 6. The van der Waals surface area contributed by atoms with Crippen LogP contribution in [0, 0.1) is 12.7 Å². The number of ether oxygens (including phenoxy) is 1. The van der Waals surface area contributed by atoms with Gasteiger partial charge in [0.05, 0.1) is 12.5 Å². The highest BCUT2D eigenvalue weighted by Crippen LogP contribution is 2.32. The maximum atomic E-state index is 13.9. The van der Waals surface area contributed by atoms with Crippen LogP contribution < -0.4 is 9.64 Å². The highest BCUT2D eigenvalue weighted by molar-refractivity contribution is 5.96. The summed E-state index contributed by atoms with van der Waals surface area (Å²) in [6.07, 6.45) is 1.20. The Labute approximate surface area is 168 Å². The SMILES string of the molecule is CCCOc1ccc(-c2noc(C3CC(=O)N(c4ccc(C)c(F)c4)C3)n2)cc1. The molecule has 0 bridgehead atoms. The second-order valence-electron chi connectivity index (χ2n) is 7.17. The minimum atomic E-state index is -0.329. The van der Waals surface area contributed by atoms with Gasteiger partial charge in [-0.25, -0.2) is 4.39 Å². The minimum absolute atomic E-state index is 0.0876. The molecule has 1 unspecified atom stereocenters. The van der Waals surface area contributed by atoms with Gasteiger partial charge in [-0.3, -0.25) is 4.79 Å². The van der Waals surface area contributed by atoms with Crippen molar-refractivity contribution in [3.63, 3.8) is 0 Å². The molecule has 0 radical (unpaired) electrons. The summed E-state index contributed by atoms with van der Waals surface area (Å²) in [5, 5.41) is 4.05. The molecule has 150 valence electrons. The molecule has 1 atom stereocenters. The molecule has 6 nitrogen and oxygen atoms in total. The Morgan fingerprint density at radius 1 is 1.24 bits per heavy atom. The number of carbonyl (C=O) groups is 1. The highest BCUT2D eigenvalue weighted by Gasteiger charge is 2.35. The zero-order valence-corrected chi connectivity index (χ0v) is 16.4. The maximum absolute atomic E-state index is 13.9. The summed E-state index contributed by atoms with van der Waals surface area (Å²) in [6, 6.07) is 12.3. The molecule has 29 heavy (non-hydrogen) atoms. The molecule has 2 heterocycles. The van der Waals surface area contributed by atoms with E-state index in [0.717, 1.165) is 17.7 Å². The van der Waals surface area contributed by atoms with Crippen LogP contribution >= 0.6 is 0 Å². The molecule has 3 aromatic rings. The van der Waals surface area contributed by atoms with Gasteiger partial charge < -0.3 is 14.2 Å². The summed E-state index contributed by atoms with van der Waals surface area (Å²) in [5.41, 5.74) is 1.90. The van der Waals surface area contributed by atoms with Crippen molar-refractivity contribution in [3.8, 4) is 17.1 Å². The van der Waals surface area contributed by atoms with Crippen LogP contribution in [0.4, 0.5) is 10.1 Å². The van der Waals surface area contributed by atoms with E-state index >= 15 is 0 Å². The van der Waals surface area contributed by atoms with E-state index in [9.17, 15) is 9.18 Å². The van der Waals surface area contributed by atoms with Crippen molar-refractivity contribution >= 4 is 11.6 Å². The van der Waals surface area contributed by atoms with E-state index in [1.54, 1.807) is 24.0 Å². The van der Waals surface area contributed by atoms with Crippen molar-refractivity contribution in [2.24, 2.45) is 0 Å². The lowest BCUT2D eigenvalue weighted by molar-refractivity contribution is -0.117. The summed E-state index contributed by atoms with van der Waals surface area (Å²) < 4.78 is 24.9. The normalized spacial score (nSPS) is 16.4. The van der Waals surface area contributed by atoms with Crippen LogP contribution in [0.2, 0.25) is 0 Å². The predicted molar refractivity (Wildman–Crippen MR) is 106 cm³/mol. The third-order valence-electron chi connectivity index (χ3n) is 4.97. The first kappa shape index (κ1) is 19.1. The molecule has 2 aromatic carbocycles. The van der Waals surface area contributed by atoms with Crippen LogP contribution in [0.3, 0.4) is 0 Å². The van der Waals surface area contributed by atoms with Gasteiger partial charge in [0.2, 0.25) is 17.6 Å². The Kier molecular flexibility index (Phi) is 5.29. The van der Waals surface area contributed by atoms with Crippen molar-refractivity contribution in [1.82, 2.24) is 10.1 Å². The first-order chi connectivity index (χ1) is 14.0. The number of halogens is 1. The number of carbonyl (C=O) groups excluding carboxylic acids is 1. The number of anilines is 1. The molecular formula is C22H22FN3O3. The van der Waals surface area contributed by atoms with Crippen LogP contribution in [0.5, 0.6) is 5.75 Å². The maximum Gasteiger partial charge on any atom is 0.232 e. The number of benzene rings is 2. The molecular weight excluding hydrogens is 373 g/mol.